The summed E-state index contributed by atoms with van der Waals surface area (Å²) in [5, 5.41) is 16.1. The van der Waals surface area contributed by atoms with Gasteiger partial charge in [0.1, 0.15) is 42.8 Å². The largest absolute Gasteiger partial charge is 0.508 e. The summed E-state index contributed by atoms with van der Waals surface area (Å²) in [6.45, 7) is 0. The van der Waals surface area contributed by atoms with E-state index in [-0.39, 0.29) is 5.75 Å². The lowest BCUT2D eigenvalue weighted by Crippen LogP contribution is -2.48. The van der Waals surface area contributed by atoms with Crippen LogP contribution in [-0.4, -0.2) is 65.6 Å². The average molecular weight is 704 g/mol. The molecule has 0 aliphatic carbocycles. The average Bonchev–Trinajstić information content (AvgIpc) is 3.75. The second-order valence-electron chi connectivity index (χ2n) is 14.2. The summed E-state index contributed by atoms with van der Waals surface area (Å²) in [7, 11) is 8.09. The van der Waals surface area contributed by atoms with E-state index in [1.807, 2.05) is 72.2 Å². The molecular formula is C44H32B4N6O. The van der Waals surface area contributed by atoms with E-state index in [4.69, 9.17) is 19.9 Å². The highest BCUT2D eigenvalue weighted by Crippen LogP contribution is 2.38. The monoisotopic (exact) mass is 704 g/mol. The number of fused-ring (bicyclic) bond motifs is 6. The van der Waals surface area contributed by atoms with E-state index < -0.39 is 0 Å². The lowest BCUT2D eigenvalue weighted by atomic mass is 9.65. The fraction of sp³-hybridized carbons (Fsp3) is 0. The number of aromatic hydroxyl groups is 1. The van der Waals surface area contributed by atoms with Crippen molar-refractivity contribution in [2.24, 2.45) is 0 Å². The molecule has 0 atom stereocenters. The highest BCUT2D eigenvalue weighted by atomic mass is 16.3. The third-order valence-electron chi connectivity index (χ3n) is 11.3. The number of para-hydroxylation sites is 2. The highest BCUT2D eigenvalue weighted by molar-refractivity contribution is 6.64. The number of rotatable bonds is 5. The molecule has 7 nitrogen and oxygen atoms in total. The van der Waals surface area contributed by atoms with Crippen molar-refractivity contribution in [2.75, 3.05) is 0 Å². The number of phenolic OH excluding ortho intramolecular Hbond substituents is 1. The molecule has 0 saturated heterocycles. The van der Waals surface area contributed by atoms with Crippen LogP contribution in [0, 0.1) is 0 Å². The second-order valence-corrected chi connectivity index (χ2v) is 14.2. The van der Waals surface area contributed by atoms with E-state index in [0.29, 0.717) is 23.0 Å². The Morgan fingerprint density at radius 2 is 1.04 bits per heavy atom. The Labute approximate surface area is 321 Å². The molecule has 10 aromatic rings. The number of benzene rings is 6. The maximum Gasteiger partial charge on any atom is 0.167 e. The molecule has 0 saturated carbocycles. The highest BCUT2D eigenvalue weighted by Gasteiger charge is 2.22. The standard InChI is InChI=1S/C44H32B4N6O/c45-36-35(40(55)39(48)38(47)37(36)46)43-51-41(24-10-3-1-4-11-24)50-42(52-43)25-17-19-29-30-20-18-27(23-34(30)53(33(29)22-25)26-12-5-2-6-13-26)54-32-16-8-7-14-28(32)31-15-9-21-49-44(31)54/h1-23,55H,45-48H2. The quantitative estimate of drug-likeness (QED) is 0.279. The number of nitrogens with zero attached hydrogens (tertiary/aromatic N) is 6. The van der Waals surface area contributed by atoms with Crippen molar-refractivity contribution in [1.29, 1.82) is 0 Å². The van der Waals surface area contributed by atoms with Crippen LogP contribution >= 0.6 is 0 Å². The summed E-state index contributed by atoms with van der Waals surface area (Å²) >= 11 is 0. The van der Waals surface area contributed by atoms with Crippen molar-refractivity contribution in [2.45, 2.75) is 0 Å². The molecule has 55 heavy (non-hydrogen) atoms. The van der Waals surface area contributed by atoms with E-state index in [0.717, 1.165) is 82.7 Å². The summed E-state index contributed by atoms with van der Waals surface area (Å²) < 4.78 is 4.58. The minimum absolute atomic E-state index is 0.200. The zero-order chi connectivity index (χ0) is 37.4. The van der Waals surface area contributed by atoms with E-state index in [9.17, 15) is 5.11 Å². The second kappa shape index (κ2) is 12.6. The van der Waals surface area contributed by atoms with E-state index in [1.165, 1.54) is 5.39 Å². The van der Waals surface area contributed by atoms with Gasteiger partial charge in [-0.15, -0.1) is 5.46 Å². The predicted octanol–water partition coefficient (Wildman–Crippen LogP) is 3.20. The summed E-state index contributed by atoms with van der Waals surface area (Å²) in [6, 6.07) is 46.2. The van der Waals surface area contributed by atoms with Crippen molar-refractivity contribution in [1.82, 2.24) is 29.1 Å². The molecule has 10 rings (SSSR count). The van der Waals surface area contributed by atoms with Crippen molar-refractivity contribution in [3.63, 3.8) is 0 Å². The van der Waals surface area contributed by atoms with Gasteiger partial charge in [-0.1, -0.05) is 101 Å². The molecule has 0 aliphatic rings. The Bertz CT molecular complexity index is 3080. The van der Waals surface area contributed by atoms with Gasteiger partial charge in [-0.25, -0.2) is 19.9 Å². The minimum atomic E-state index is 0.200. The minimum Gasteiger partial charge on any atom is -0.508 e. The smallest absolute Gasteiger partial charge is 0.167 e. The van der Waals surface area contributed by atoms with Crippen LogP contribution in [0.4, 0.5) is 0 Å². The van der Waals surface area contributed by atoms with Gasteiger partial charge in [0.25, 0.3) is 0 Å². The summed E-state index contributed by atoms with van der Waals surface area (Å²) in [6.07, 6.45) is 1.86. The van der Waals surface area contributed by atoms with Gasteiger partial charge >= 0.3 is 0 Å². The molecule has 0 radical (unpaired) electrons. The Balaban J connectivity index is 1.23. The van der Waals surface area contributed by atoms with Crippen LogP contribution in [0.3, 0.4) is 0 Å². The van der Waals surface area contributed by atoms with Gasteiger partial charge in [-0.3, -0.25) is 4.57 Å². The van der Waals surface area contributed by atoms with Crippen molar-refractivity contribution in [3.05, 3.63) is 140 Å². The fourth-order valence-corrected chi connectivity index (χ4v) is 8.10. The third-order valence-corrected chi connectivity index (χ3v) is 11.3. The number of hydrogen-bond donors (Lipinski definition) is 1. The Kier molecular flexibility index (Phi) is 7.52. The van der Waals surface area contributed by atoms with Gasteiger partial charge in [0.2, 0.25) is 0 Å². The molecule has 4 aromatic heterocycles. The summed E-state index contributed by atoms with van der Waals surface area (Å²) in [4.78, 5) is 20.0. The Morgan fingerprint density at radius 3 is 1.82 bits per heavy atom. The van der Waals surface area contributed by atoms with Gasteiger partial charge in [0.05, 0.1) is 22.1 Å². The van der Waals surface area contributed by atoms with Crippen molar-refractivity contribution < 1.29 is 5.11 Å². The van der Waals surface area contributed by atoms with Gasteiger partial charge in [0, 0.05) is 50.2 Å². The first-order valence-electron chi connectivity index (χ1n) is 18.5. The van der Waals surface area contributed by atoms with Crippen molar-refractivity contribution >= 4 is 97.0 Å². The van der Waals surface area contributed by atoms with Crippen LogP contribution in [0.5, 0.6) is 5.75 Å². The van der Waals surface area contributed by atoms with E-state index in [1.54, 1.807) is 0 Å². The molecule has 256 valence electrons. The van der Waals surface area contributed by atoms with Crippen LogP contribution < -0.4 is 21.9 Å². The molecule has 11 heteroatoms. The Hall–Kier alpha value is -6.86. The lowest BCUT2D eigenvalue weighted by molar-refractivity contribution is 0.482. The molecule has 0 amide bonds. The summed E-state index contributed by atoms with van der Waals surface area (Å²) in [5.41, 5.74) is 12.5. The lowest BCUT2D eigenvalue weighted by Gasteiger charge is -2.18. The molecule has 1 N–H and O–H groups in total. The molecule has 0 spiro atoms. The zero-order valence-corrected chi connectivity index (χ0v) is 30.9. The van der Waals surface area contributed by atoms with Crippen molar-refractivity contribution in [3.8, 4) is 51.3 Å². The molecule has 0 bridgehead atoms. The first-order chi connectivity index (χ1) is 26.9. The van der Waals surface area contributed by atoms with Gasteiger partial charge in [-0.05, 0) is 48.5 Å². The summed E-state index contributed by atoms with van der Waals surface area (Å²) in [5.74, 6) is 1.72. The first kappa shape index (κ1) is 32.8. The van der Waals surface area contributed by atoms with Gasteiger partial charge in [-0.2, -0.15) is 0 Å². The fourth-order valence-electron chi connectivity index (χ4n) is 8.10. The third kappa shape index (κ3) is 5.11. The molecular weight excluding hydrogens is 672 g/mol. The molecule has 0 aliphatic heterocycles. The molecule has 4 heterocycles. The zero-order valence-electron chi connectivity index (χ0n) is 30.9. The normalized spacial score (nSPS) is 11.6. The molecule has 0 fully saturated rings. The Morgan fingerprint density at radius 1 is 0.436 bits per heavy atom. The molecule has 6 aromatic carbocycles. The van der Waals surface area contributed by atoms with Crippen LogP contribution in [0.1, 0.15) is 0 Å². The van der Waals surface area contributed by atoms with Crippen LogP contribution in [0.15, 0.2) is 140 Å². The van der Waals surface area contributed by atoms with E-state index in [2.05, 4.69) is 108 Å². The number of pyridine rings is 1. The topological polar surface area (TPSA) is 81.7 Å². The number of phenols is 1. The maximum atomic E-state index is 11.5. The predicted molar refractivity (Wildman–Crippen MR) is 237 cm³/mol. The van der Waals surface area contributed by atoms with Crippen LogP contribution in [-0.2, 0) is 0 Å². The number of aromatic nitrogens is 6. The van der Waals surface area contributed by atoms with E-state index >= 15 is 0 Å². The van der Waals surface area contributed by atoms with Crippen LogP contribution in [0.2, 0.25) is 0 Å². The first-order valence-corrected chi connectivity index (χ1v) is 18.5. The number of hydrogen-bond acceptors (Lipinski definition) is 5. The van der Waals surface area contributed by atoms with Gasteiger partial charge < -0.3 is 9.67 Å². The SMILES string of the molecule is Bc1c(B)c(B)c(-c2nc(-c3ccccc3)nc(-c3ccc4c5ccc(-n6c7ccccc7c7cccnc76)cc5n(-c5ccccc5)c4c3)n2)c(O)c1B. The van der Waals surface area contributed by atoms with Gasteiger partial charge in [0.15, 0.2) is 17.5 Å². The maximum absolute atomic E-state index is 11.5. The van der Waals surface area contributed by atoms with Crippen LogP contribution in [0.25, 0.3) is 89.3 Å². The molecule has 0 unspecified atom stereocenters.